The van der Waals surface area contributed by atoms with Crippen molar-refractivity contribution >= 4 is 15.9 Å². The zero-order valence-electron chi connectivity index (χ0n) is 10.4. The van der Waals surface area contributed by atoms with Crippen molar-refractivity contribution in [1.82, 2.24) is 14.5 Å². The highest BCUT2D eigenvalue weighted by Gasteiger charge is 2.35. The van der Waals surface area contributed by atoms with E-state index in [1.54, 1.807) is 24.3 Å². The average molecular weight is 346 g/mol. The summed E-state index contributed by atoms with van der Waals surface area (Å²) in [4.78, 5) is 7.81. The number of aromatic nitrogens is 3. The summed E-state index contributed by atoms with van der Waals surface area (Å²) in [5, 5.41) is 0. The quantitative estimate of drug-likeness (QED) is 0.610. The van der Waals surface area contributed by atoms with Gasteiger partial charge in [0.1, 0.15) is 10.3 Å². The molecule has 0 saturated carbocycles. The van der Waals surface area contributed by atoms with Gasteiger partial charge in [-0.25, -0.2) is 9.97 Å². The van der Waals surface area contributed by atoms with Gasteiger partial charge in [0.15, 0.2) is 11.5 Å². The van der Waals surface area contributed by atoms with Crippen molar-refractivity contribution in [3.8, 4) is 11.5 Å². The van der Waals surface area contributed by atoms with E-state index in [1.807, 2.05) is 0 Å². The van der Waals surface area contributed by atoms with Gasteiger partial charge in [-0.3, -0.25) is 0 Å². The van der Waals surface area contributed by atoms with Crippen molar-refractivity contribution in [2.45, 2.75) is 19.1 Å². The molecule has 0 aliphatic heterocycles. The Bertz CT molecular complexity index is 620. The smallest absolute Gasteiger partial charge is 0.329 e. The van der Waals surface area contributed by atoms with Gasteiger partial charge in [0, 0.05) is 12.7 Å². The van der Waals surface area contributed by atoms with Crippen LogP contribution in [-0.4, -0.2) is 14.5 Å². The van der Waals surface area contributed by atoms with Crippen LogP contribution in [0.25, 0.3) is 11.5 Å². The zero-order valence-corrected chi connectivity index (χ0v) is 11.9. The number of halogens is 4. The maximum Gasteiger partial charge on any atom is 0.434 e. The molecule has 20 heavy (non-hydrogen) atoms. The van der Waals surface area contributed by atoms with E-state index in [-0.39, 0.29) is 5.82 Å². The summed E-state index contributed by atoms with van der Waals surface area (Å²) in [5.41, 5.74) is -0.530. The van der Waals surface area contributed by atoms with Gasteiger partial charge in [-0.05, 0) is 34.5 Å². The molecule has 0 unspecified atom stereocenters. The summed E-state index contributed by atoms with van der Waals surface area (Å²) in [6, 6.07) is 5.02. The van der Waals surface area contributed by atoms with Crippen LogP contribution in [-0.2, 0) is 12.7 Å². The maximum atomic E-state index is 12.8. The molecule has 0 N–H and O–H groups in total. The van der Waals surface area contributed by atoms with Crippen LogP contribution in [0.1, 0.15) is 12.1 Å². The molecule has 0 aromatic carbocycles. The summed E-state index contributed by atoms with van der Waals surface area (Å²) in [6.45, 7) is 3.94. The van der Waals surface area contributed by atoms with Crippen LogP contribution in [0.3, 0.4) is 0 Å². The number of rotatable bonds is 4. The van der Waals surface area contributed by atoms with Crippen molar-refractivity contribution in [1.29, 1.82) is 0 Å². The minimum atomic E-state index is -4.47. The predicted octanol–water partition coefficient (Wildman–Crippen LogP) is 4.30. The van der Waals surface area contributed by atoms with Crippen molar-refractivity contribution in [2.24, 2.45) is 0 Å². The number of aryl methyl sites for hydroxylation is 1. The van der Waals surface area contributed by atoms with Crippen LogP contribution in [0.5, 0.6) is 0 Å². The molecule has 2 rings (SSSR count). The highest BCUT2D eigenvalue weighted by molar-refractivity contribution is 9.10. The van der Waals surface area contributed by atoms with Gasteiger partial charge < -0.3 is 4.57 Å². The molecule has 0 radical (unpaired) electrons. The second-order valence-corrected chi connectivity index (χ2v) is 4.88. The molecule has 0 fully saturated rings. The first-order chi connectivity index (χ1) is 9.41. The van der Waals surface area contributed by atoms with E-state index in [2.05, 4.69) is 32.5 Å². The number of hydrogen-bond acceptors (Lipinski definition) is 2. The van der Waals surface area contributed by atoms with E-state index in [9.17, 15) is 13.2 Å². The van der Waals surface area contributed by atoms with Gasteiger partial charge in [0.05, 0.1) is 0 Å². The summed E-state index contributed by atoms with van der Waals surface area (Å²) >= 11 is 3.20. The molecule has 106 valence electrons. The molecule has 0 bridgehead atoms. The largest absolute Gasteiger partial charge is 0.434 e. The Morgan fingerprint density at radius 3 is 2.65 bits per heavy atom. The van der Waals surface area contributed by atoms with Crippen LogP contribution < -0.4 is 0 Å². The second-order valence-electron chi connectivity index (χ2n) is 4.06. The lowest BCUT2D eigenvalue weighted by molar-refractivity contribution is -0.140. The van der Waals surface area contributed by atoms with Crippen LogP contribution >= 0.6 is 15.9 Å². The lowest BCUT2D eigenvalue weighted by atomic mass is 10.3. The molecular formula is C13H11BrF3N3. The van der Waals surface area contributed by atoms with E-state index in [0.29, 0.717) is 23.3 Å². The van der Waals surface area contributed by atoms with Crippen LogP contribution in [0.4, 0.5) is 13.2 Å². The normalized spacial score (nSPS) is 11.6. The minimum Gasteiger partial charge on any atom is -0.329 e. The molecule has 7 heteroatoms. The Morgan fingerprint density at radius 2 is 2.05 bits per heavy atom. The first-order valence-electron chi connectivity index (χ1n) is 5.80. The van der Waals surface area contributed by atoms with Gasteiger partial charge in [0.2, 0.25) is 0 Å². The number of imidazole rings is 1. The highest BCUT2D eigenvalue weighted by atomic mass is 79.9. The summed E-state index contributed by atoms with van der Waals surface area (Å²) in [6.07, 6.45) is -1.28. The van der Waals surface area contributed by atoms with E-state index < -0.39 is 11.9 Å². The standard InChI is InChI=1S/C13H11BrF3N3/c1-2-3-7-20-8-10(13(15,16)17)19-12(20)9-5-4-6-11(14)18-9/h2,4-6,8H,1,3,7H2. The monoisotopic (exact) mass is 345 g/mol. The zero-order chi connectivity index (χ0) is 14.8. The summed E-state index contributed by atoms with van der Waals surface area (Å²) in [7, 11) is 0. The Balaban J connectivity index is 2.49. The SMILES string of the molecule is C=CCCn1cc(C(F)(F)F)nc1-c1cccc(Br)n1. The molecule has 0 aliphatic carbocycles. The third-order valence-corrected chi connectivity index (χ3v) is 3.03. The molecule has 0 saturated heterocycles. The van der Waals surface area contributed by atoms with Crippen LogP contribution in [0.2, 0.25) is 0 Å². The fraction of sp³-hybridized carbons (Fsp3) is 0.231. The number of alkyl halides is 3. The Kier molecular flexibility index (Phi) is 4.27. The third kappa shape index (κ3) is 3.27. The number of nitrogens with zero attached hydrogens (tertiary/aromatic N) is 3. The van der Waals surface area contributed by atoms with Gasteiger partial charge in [-0.15, -0.1) is 6.58 Å². The molecule has 0 aliphatic rings. The molecular weight excluding hydrogens is 335 g/mol. The minimum absolute atomic E-state index is 0.195. The number of hydrogen-bond donors (Lipinski definition) is 0. The first-order valence-corrected chi connectivity index (χ1v) is 6.59. The van der Waals surface area contributed by atoms with Crippen molar-refractivity contribution in [3.05, 3.63) is 47.3 Å². The molecule has 2 aromatic heterocycles. The topological polar surface area (TPSA) is 30.7 Å². The number of allylic oxidation sites excluding steroid dienone is 1. The molecule has 2 aromatic rings. The van der Waals surface area contributed by atoms with E-state index in [4.69, 9.17) is 0 Å². The van der Waals surface area contributed by atoms with E-state index in [1.165, 1.54) is 4.57 Å². The highest BCUT2D eigenvalue weighted by Crippen LogP contribution is 2.31. The molecule has 3 nitrogen and oxygen atoms in total. The van der Waals surface area contributed by atoms with E-state index in [0.717, 1.165) is 6.20 Å². The lowest BCUT2D eigenvalue weighted by Crippen LogP contribution is -2.05. The van der Waals surface area contributed by atoms with Crippen molar-refractivity contribution in [2.75, 3.05) is 0 Å². The fourth-order valence-corrected chi connectivity index (χ4v) is 2.03. The van der Waals surface area contributed by atoms with Crippen molar-refractivity contribution < 1.29 is 13.2 Å². The Morgan fingerprint density at radius 1 is 1.30 bits per heavy atom. The maximum absolute atomic E-state index is 12.8. The van der Waals surface area contributed by atoms with Gasteiger partial charge >= 0.3 is 6.18 Å². The van der Waals surface area contributed by atoms with Gasteiger partial charge in [-0.2, -0.15) is 13.2 Å². The van der Waals surface area contributed by atoms with Gasteiger partial charge in [0.25, 0.3) is 0 Å². The molecule has 0 spiro atoms. The predicted molar refractivity (Wildman–Crippen MR) is 73.0 cm³/mol. The second kappa shape index (κ2) is 5.78. The Labute approximate surface area is 122 Å². The lowest BCUT2D eigenvalue weighted by Gasteiger charge is -2.05. The van der Waals surface area contributed by atoms with Crippen molar-refractivity contribution in [3.63, 3.8) is 0 Å². The summed E-state index contributed by atoms with van der Waals surface area (Å²) < 4.78 is 40.3. The van der Waals surface area contributed by atoms with E-state index >= 15 is 0 Å². The van der Waals surface area contributed by atoms with Crippen LogP contribution in [0, 0.1) is 0 Å². The van der Waals surface area contributed by atoms with Crippen LogP contribution in [0.15, 0.2) is 41.7 Å². The average Bonchev–Trinajstić information content (AvgIpc) is 2.80. The number of pyridine rings is 1. The molecule has 2 heterocycles. The third-order valence-electron chi connectivity index (χ3n) is 2.59. The first kappa shape index (κ1) is 14.8. The van der Waals surface area contributed by atoms with Gasteiger partial charge in [-0.1, -0.05) is 12.1 Å². The fourth-order valence-electron chi connectivity index (χ4n) is 1.69. The molecule has 0 amide bonds. The molecule has 0 atom stereocenters. The Hall–Kier alpha value is -1.63. The summed E-state index contributed by atoms with van der Waals surface area (Å²) in [5.74, 6) is 0.195.